The number of benzene rings is 1. The lowest BCUT2D eigenvalue weighted by atomic mass is 9.84. The minimum absolute atomic E-state index is 0.167. The Hall–Kier alpha value is -1.77. The molecule has 1 aromatic rings. The van der Waals surface area contributed by atoms with Crippen LogP contribution in [0.2, 0.25) is 5.02 Å². The summed E-state index contributed by atoms with van der Waals surface area (Å²) in [6, 6.07) is 7.82. The molecule has 2 saturated carbocycles. The van der Waals surface area contributed by atoms with E-state index in [0.717, 1.165) is 64.1 Å². The van der Waals surface area contributed by atoms with E-state index in [0.29, 0.717) is 34.2 Å². The fourth-order valence-electron chi connectivity index (χ4n) is 4.75. The van der Waals surface area contributed by atoms with Gasteiger partial charge >= 0.3 is 0 Å². The first-order chi connectivity index (χ1) is 14.6. The third-order valence-corrected chi connectivity index (χ3v) is 7.12. The van der Waals surface area contributed by atoms with Crippen molar-refractivity contribution in [2.45, 2.75) is 69.9 Å². The Labute approximate surface area is 184 Å². The van der Waals surface area contributed by atoms with Crippen LogP contribution in [-0.2, 0) is 4.79 Å². The highest BCUT2D eigenvalue weighted by Gasteiger charge is 2.32. The highest BCUT2D eigenvalue weighted by Crippen LogP contribution is 2.32. The summed E-state index contributed by atoms with van der Waals surface area (Å²) in [6.45, 7) is 3.25. The Morgan fingerprint density at radius 1 is 1.13 bits per heavy atom. The number of ether oxygens (including phenoxy) is 1. The van der Waals surface area contributed by atoms with Crippen LogP contribution in [-0.4, -0.2) is 42.6 Å². The zero-order valence-electron chi connectivity index (χ0n) is 17.6. The van der Waals surface area contributed by atoms with Gasteiger partial charge in [-0.15, -0.1) is 0 Å². The maximum Gasteiger partial charge on any atom is 0.223 e. The molecule has 1 N–H and O–H groups in total. The number of amides is 1. The lowest BCUT2D eigenvalue weighted by molar-refractivity contribution is -0.123. The highest BCUT2D eigenvalue weighted by atomic mass is 35.5. The first-order valence-electron chi connectivity index (χ1n) is 11.5. The van der Waals surface area contributed by atoms with Crippen molar-refractivity contribution >= 4 is 17.5 Å². The van der Waals surface area contributed by atoms with Crippen LogP contribution < -0.4 is 10.1 Å². The van der Waals surface area contributed by atoms with Gasteiger partial charge in [-0.05, 0) is 88.4 Å². The second-order valence-corrected chi connectivity index (χ2v) is 9.64. The zero-order valence-corrected chi connectivity index (χ0v) is 18.4. The van der Waals surface area contributed by atoms with Gasteiger partial charge in [0.15, 0.2) is 0 Å². The van der Waals surface area contributed by atoms with Crippen LogP contribution in [0.25, 0.3) is 0 Å². The number of carbonyl (C=O) groups is 1. The number of likely N-dealkylation sites (tertiary alicyclic amines) is 1. The highest BCUT2D eigenvalue weighted by molar-refractivity contribution is 6.30. The molecule has 0 spiro atoms. The summed E-state index contributed by atoms with van der Waals surface area (Å²) in [6.07, 6.45) is 10.3. The summed E-state index contributed by atoms with van der Waals surface area (Å²) in [7, 11) is 0. The average molecular weight is 430 g/mol. The van der Waals surface area contributed by atoms with Crippen molar-refractivity contribution in [3.63, 3.8) is 0 Å². The first-order valence-corrected chi connectivity index (χ1v) is 11.9. The Bertz CT molecular complexity index is 773. The standard InChI is InChI=1S/C24H32ClN3O2/c25-20-5-8-23(19(15-20)16-26)30-22-10-13-28(14-11-22)12-9-17-1-6-21(7-2-17)27-24(29)18-3-4-18/h5,8,15,17-18,21-22H,1-4,6-7,9-14H2,(H,27,29). The van der Waals surface area contributed by atoms with Crippen molar-refractivity contribution in [1.29, 1.82) is 5.26 Å². The lowest BCUT2D eigenvalue weighted by Crippen LogP contribution is -2.40. The van der Waals surface area contributed by atoms with Crippen molar-refractivity contribution in [2.24, 2.45) is 11.8 Å². The minimum Gasteiger partial charge on any atom is -0.489 e. The molecule has 162 valence electrons. The Morgan fingerprint density at radius 2 is 1.87 bits per heavy atom. The van der Waals surface area contributed by atoms with Crippen LogP contribution in [0.1, 0.15) is 63.4 Å². The van der Waals surface area contributed by atoms with E-state index in [1.165, 1.54) is 19.3 Å². The minimum atomic E-state index is 0.167. The van der Waals surface area contributed by atoms with E-state index in [1.807, 2.05) is 0 Å². The van der Waals surface area contributed by atoms with Crippen molar-refractivity contribution in [3.8, 4) is 11.8 Å². The predicted molar refractivity (Wildman–Crippen MR) is 117 cm³/mol. The Balaban J connectivity index is 1.13. The number of hydrogen-bond donors (Lipinski definition) is 1. The molecule has 1 aliphatic heterocycles. The van der Waals surface area contributed by atoms with Crippen molar-refractivity contribution in [1.82, 2.24) is 10.2 Å². The topological polar surface area (TPSA) is 65.4 Å². The molecule has 4 rings (SSSR count). The molecule has 3 aliphatic rings. The van der Waals surface area contributed by atoms with E-state index in [1.54, 1.807) is 18.2 Å². The fraction of sp³-hybridized carbons (Fsp3) is 0.667. The predicted octanol–water partition coefficient (Wildman–Crippen LogP) is 4.53. The van der Waals surface area contributed by atoms with E-state index in [9.17, 15) is 10.1 Å². The molecule has 1 heterocycles. The molecule has 0 atom stereocenters. The van der Waals surface area contributed by atoms with Crippen LogP contribution in [0.5, 0.6) is 5.75 Å². The molecule has 5 nitrogen and oxygen atoms in total. The monoisotopic (exact) mass is 429 g/mol. The number of hydrogen-bond acceptors (Lipinski definition) is 4. The molecular weight excluding hydrogens is 398 g/mol. The van der Waals surface area contributed by atoms with Gasteiger partial charge in [0.2, 0.25) is 5.91 Å². The number of piperidine rings is 1. The molecule has 6 heteroatoms. The molecule has 30 heavy (non-hydrogen) atoms. The summed E-state index contributed by atoms with van der Waals surface area (Å²) in [5, 5.41) is 13.1. The number of rotatable bonds is 7. The van der Waals surface area contributed by atoms with Crippen LogP contribution in [0, 0.1) is 23.2 Å². The molecule has 0 bridgehead atoms. The summed E-state index contributed by atoms with van der Waals surface area (Å²) in [5.41, 5.74) is 0.508. The van der Waals surface area contributed by atoms with Crippen LogP contribution in [0.15, 0.2) is 18.2 Å². The largest absolute Gasteiger partial charge is 0.489 e. The maximum absolute atomic E-state index is 11.9. The summed E-state index contributed by atoms with van der Waals surface area (Å²) >= 11 is 5.97. The molecule has 1 amide bonds. The van der Waals surface area contributed by atoms with Gasteiger partial charge in [0.05, 0.1) is 5.56 Å². The van der Waals surface area contributed by atoms with Crippen LogP contribution in [0.4, 0.5) is 0 Å². The number of nitriles is 1. The van der Waals surface area contributed by atoms with Gasteiger partial charge in [-0.3, -0.25) is 4.79 Å². The number of nitrogens with zero attached hydrogens (tertiary/aromatic N) is 2. The number of halogens is 1. The fourth-order valence-corrected chi connectivity index (χ4v) is 4.92. The normalized spacial score (nSPS) is 25.5. The zero-order chi connectivity index (χ0) is 20.9. The molecule has 0 aromatic heterocycles. The molecular formula is C24H32ClN3O2. The maximum atomic E-state index is 11.9. The Morgan fingerprint density at radius 3 is 2.53 bits per heavy atom. The lowest BCUT2D eigenvalue weighted by Gasteiger charge is -2.34. The van der Waals surface area contributed by atoms with Gasteiger partial charge in [-0.25, -0.2) is 0 Å². The average Bonchev–Trinajstić information content (AvgIpc) is 3.61. The van der Waals surface area contributed by atoms with Gasteiger partial charge < -0.3 is 15.0 Å². The van der Waals surface area contributed by atoms with Crippen molar-refractivity contribution in [3.05, 3.63) is 28.8 Å². The van der Waals surface area contributed by atoms with Crippen molar-refractivity contribution in [2.75, 3.05) is 19.6 Å². The summed E-state index contributed by atoms with van der Waals surface area (Å²) in [4.78, 5) is 14.5. The molecule has 2 aliphatic carbocycles. The molecule has 0 unspecified atom stereocenters. The van der Waals surface area contributed by atoms with E-state index in [-0.39, 0.29) is 6.10 Å². The van der Waals surface area contributed by atoms with E-state index in [2.05, 4.69) is 16.3 Å². The van der Waals surface area contributed by atoms with E-state index in [4.69, 9.17) is 16.3 Å². The first kappa shape index (κ1) is 21.5. The van der Waals surface area contributed by atoms with E-state index < -0.39 is 0 Å². The van der Waals surface area contributed by atoms with Gasteiger partial charge in [0.25, 0.3) is 0 Å². The van der Waals surface area contributed by atoms with Crippen molar-refractivity contribution < 1.29 is 9.53 Å². The second-order valence-electron chi connectivity index (χ2n) is 9.20. The molecule has 0 radical (unpaired) electrons. The van der Waals surface area contributed by atoms with Crippen LogP contribution >= 0.6 is 11.6 Å². The SMILES string of the molecule is N#Cc1cc(Cl)ccc1OC1CCN(CCC2CCC(NC(=O)C3CC3)CC2)CC1. The summed E-state index contributed by atoms with van der Waals surface area (Å²) < 4.78 is 6.10. The Kier molecular flexibility index (Phi) is 7.17. The van der Waals surface area contributed by atoms with Gasteiger partial charge in [0, 0.05) is 30.1 Å². The van der Waals surface area contributed by atoms with Gasteiger partial charge in [0.1, 0.15) is 17.9 Å². The third kappa shape index (κ3) is 5.89. The number of carbonyl (C=O) groups excluding carboxylic acids is 1. The third-order valence-electron chi connectivity index (χ3n) is 6.89. The van der Waals surface area contributed by atoms with E-state index >= 15 is 0 Å². The molecule has 1 saturated heterocycles. The van der Waals surface area contributed by atoms with Gasteiger partial charge in [-0.2, -0.15) is 5.26 Å². The molecule has 1 aromatic carbocycles. The van der Waals surface area contributed by atoms with Gasteiger partial charge in [-0.1, -0.05) is 11.6 Å². The summed E-state index contributed by atoms with van der Waals surface area (Å²) in [5.74, 6) is 2.05. The van der Waals surface area contributed by atoms with Crippen LogP contribution in [0.3, 0.4) is 0 Å². The second kappa shape index (κ2) is 10.0. The molecule has 3 fully saturated rings. The quantitative estimate of drug-likeness (QED) is 0.691. The number of nitrogens with one attached hydrogen (secondary N) is 1. The smallest absolute Gasteiger partial charge is 0.223 e.